The van der Waals surface area contributed by atoms with Crippen LogP contribution < -0.4 is 24.4 Å². The molecule has 4 aromatic carbocycles. The van der Waals surface area contributed by atoms with E-state index in [1.807, 2.05) is 80.6 Å². The van der Waals surface area contributed by atoms with Gasteiger partial charge in [-0.1, -0.05) is 54.1 Å². The minimum atomic E-state index is -0.377. The lowest BCUT2D eigenvalue weighted by atomic mass is 10.2. The van der Waals surface area contributed by atoms with Gasteiger partial charge in [-0.05, 0) is 95.6 Å². The third kappa shape index (κ3) is 8.86. The number of carbonyl (C=O) groups is 1. The van der Waals surface area contributed by atoms with Gasteiger partial charge in [0.25, 0.3) is 5.91 Å². The highest BCUT2D eigenvalue weighted by Gasteiger charge is 2.14. The van der Waals surface area contributed by atoms with Gasteiger partial charge in [0.05, 0.1) is 23.0 Å². The Morgan fingerprint density at radius 2 is 1.54 bits per heavy atom. The van der Waals surface area contributed by atoms with Gasteiger partial charge in [-0.2, -0.15) is 5.10 Å². The molecule has 0 aliphatic heterocycles. The topological polar surface area (TPSA) is 78.4 Å². The molecule has 212 valence electrons. The summed E-state index contributed by atoms with van der Waals surface area (Å²) in [6, 6.07) is 26.1. The Kier molecular flexibility index (Phi) is 11.3. The summed E-state index contributed by atoms with van der Waals surface area (Å²) in [5.74, 6) is 1.89. The maximum Gasteiger partial charge on any atom is 0.271 e. The number of nitrogens with one attached hydrogen (secondary N) is 1. The number of benzene rings is 4. The highest BCUT2D eigenvalue weighted by Crippen LogP contribution is 2.35. The molecule has 7 nitrogen and oxygen atoms in total. The zero-order valence-corrected chi connectivity index (χ0v) is 25.6. The fraction of sp³-hybridized carbons (Fsp3) is 0.188. The minimum Gasteiger partial charge on any atom is -0.490 e. The van der Waals surface area contributed by atoms with E-state index >= 15 is 0 Å². The Hall–Kier alpha value is -3.76. The van der Waals surface area contributed by atoms with Crippen LogP contribution in [0.5, 0.6) is 23.0 Å². The van der Waals surface area contributed by atoms with Crippen molar-refractivity contribution in [2.24, 2.45) is 5.10 Å². The summed E-state index contributed by atoms with van der Waals surface area (Å²) in [4.78, 5) is 12.8. The van der Waals surface area contributed by atoms with E-state index < -0.39 is 0 Å². The minimum absolute atomic E-state index is 0.347. The lowest BCUT2D eigenvalue weighted by Gasteiger charge is -2.15. The van der Waals surface area contributed by atoms with Crippen LogP contribution in [-0.2, 0) is 13.2 Å². The molecule has 0 aromatic heterocycles. The van der Waals surface area contributed by atoms with E-state index in [-0.39, 0.29) is 5.91 Å². The Morgan fingerprint density at radius 3 is 2.29 bits per heavy atom. The summed E-state index contributed by atoms with van der Waals surface area (Å²) < 4.78 is 24.4. The molecule has 0 saturated carbocycles. The highest BCUT2D eigenvalue weighted by molar-refractivity contribution is 14.1. The second-order valence-electron chi connectivity index (χ2n) is 8.75. The fourth-order valence-corrected chi connectivity index (χ4v) is 4.84. The normalized spacial score (nSPS) is 10.8. The molecule has 1 N–H and O–H groups in total. The van der Waals surface area contributed by atoms with Crippen LogP contribution in [0.4, 0.5) is 0 Å². The molecule has 0 unspecified atom stereocenters. The first kappa shape index (κ1) is 30.2. The van der Waals surface area contributed by atoms with Crippen LogP contribution in [-0.4, -0.2) is 25.3 Å². The first-order valence-electron chi connectivity index (χ1n) is 13.1. The molecule has 0 atom stereocenters. The monoisotopic (exact) mass is 684 g/mol. The molecule has 0 heterocycles. The van der Waals surface area contributed by atoms with Crippen LogP contribution in [0.1, 0.15) is 40.9 Å². The summed E-state index contributed by atoms with van der Waals surface area (Å²) in [5, 5.41) is 4.81. The van der Waals surface area contributed by atoms with Crippen molar-refractivity contribution in [2.75, 3.05) is 13.2 Å². The van der Waals surface area contributed by atoms with Crippen LogP contribution in [0.2, 0.25) is 5.02 Å². The number of rotatable bonds is 13. The first-order valence-corrected chi connectivity index (χ1v) is 14.5. The summed E-state index contributed by atoms with van der Waals surface area (Å²) in [6.07, 6.45) is 1.56. The van der Waals surface area contributed by atoms with Crippen LogP contribution in [0.25, 0.3) is 0 Å². The van der Waals surface area contributed by atoms with Crippen molar-refractivity contribution in [1.29, 1.82) is 0 Å². The molecular formula is C32H30ClIN2O5. The molecule has 0 radical (unpaired) electrons. The number of nitrogens with zero attached hydrogens (tertiary/aromatic N) is 1. The molecule has 0 spiro atoms. The number of hydrogen-bond donors (Lipinski definition) is 1. The zero-order chi connectivity index (χ0) is 29.0. The number of halogens is 2. The molecule has 0 saturated heterocycles. The molecule has 0 fully saturated rings. The van der Waals surface area contributed by atoms with Gasteiger partial charge in [-0.3, -0.25) is 4.79 Å². The van der Waals surface area contributed by atoms with Gasteiger partial charge in [-0.15, -0.1) is 0 Å². The van der Waals surface area contributed by atoms with E-state index in [4.69, 9.17) is 30.5 Å². The average Bonchev–Trinajstić information content (AvgIpc) is 2.97. The van der Waals surface area contributed by atoms with E-state index in [0.717, 1.165) is 20.3 Å². The quantitative estimate of drug-likeness (QED) is 0.0889. The second kappa shape index (κ2) is 15.3. The number of hydrazone groups is 1. The Labute approximate surface area is 258 Å². The maximum absolute atomic E-state index is 12.8. The zero-order valence-electron chi connectivity index (χ0n) is 22.7. The highest BCUT2D eigenvalue weighted by atomic mass is 127. The van der Waals surface area contributed by atoms with Crippen molar-refractivity contribution >= 4 is 46.3 Å². The smallest absolute Gasteiger partial charge is 0.271 e. The summed E-state index contributed by atoms with van der Waals surface area (Å²) in [6.45, 7) is 5.43. The molecule has 1 amide bonds. The Bertz CT molecular complexity index is 1500. The summed E-state index contributed by atoms with van der Waals surface area (Å²) in [5.41, 5.74) is 5.70. The van der Waals surface area contributed by atoms with Crippen molar-refractivity contribution in [3.05, 3.63) is 116 Å². The fourth-order valence-electron chi connectivity index (χ4n) is 3.85. The predicted octanol–water partition coefficient (Wildman–Crippen LogP) is 7.66. The second-order valence-corrected chi connectivity index (χ2v) is 10.3. The number of hydrogen-bond acceptors (Lipinski definition) is 6. The van der Waals surface area contributed by atoms with Crippen LogP contribution in [0.3, 0.4) is 0 Å². The number of carbonyl (C=O) groups excluding carboxylic acids is 1. The Balaban J connectivity index is 1.42. The largest absolute Gasteiger partial charge is 0.490 e. The summed E-state index contributed by atoms with van der Waals surface area (Å²) in [7, 11) is 0. The molecular weight excluding hydrogens is 655 g/mol. The molecule has 4 aromatic rings. The third-order valence-corrected chi connectivity index (χ3v) is 6.76. The SMILES string of the molecule is CCOc1cc(C(=O)N/N=C/c2cc(I)c(OCc3cccc(Cl)c3)c(OCC)c2)ccc1OCc1ccccc1. The van der Waals surface area contributed by atoms with Crippen molar-refractivity contribution in [2.45, 2.75) is 27.1 Å². The third-order valence-electron chi connectivity index (χ3n) is 5.73. The standard InChI is InChI=1S/C32H30ClIN2O5/c1-3-38-29-18-25(13-14-28(29)40-20-22-9-6-5-7-10-22)32(37)36-35-19-24-16-27(34)31(30(17-24)39-4-2)41-21-23-11-8-12-26(33)15-23/h5-19H,3-4,20-21H2,1-2H3,(H,36,37)/b35-19+. The van der Waals surface area contributed by atoms with Gasteiger partial charge in [0, 0.05) is 10.6 Å². The van der Waals surface area contributed by atoms with Crippen LogP contribution in [0, 0.1) is 3.57 Å². The van der Waals surface area contributed by atoms with Crippen molar-refractivity contribution < 1.29 is 23.7 Å². The predicted molar refractivity (Wildman–Crippen MR) is 170 cm³/mol. The van der Waals surface area contributed by atoms with Gasteiger partial charge >= 0.3 is 0 Å². The van der Waals surface area contributed by atoms with Crippen molar-refractivity contribution in [1.82, 2.24) is 5.43 Å². The molecule has 9 heteroatoms. The van der Waals surface area contributed by atoms with E-state index in [1.54, 1.807) is 24.4 Å². The van der Waals surface area contributed by atoms with E-state index in [9.17, 15) is 4.79 Å². The van der Waals surface area contributed by atoms with E-state index in [2.05, 4.69) is 33.1 Å². The molecule has 0 aliphatic carbocycles. The van der Waals surface area contributed by atoms with Crippen LogP contribution >= 0.6 is 34.2 Å². The van der Waals surface area contributed by atoms with E-state index in [1.165, 1.54) is 0 Å². The number of ether oxygens (including phenoxy) is 4. The summed E-state index contributed by atoms with van der Waals surface area (Å²) >= 11 is 8.29. The van der Waals surface area contributed by atoms with Gasteiger partial charge in [0.2, 0.25) is 0 Å². The number of amides is 1. The average molecular weight is 685 g/mol. The van der Waals surface area contributed by atoms with Gasteiger partial charge < -0.3 is 18.9 Å². The van der Waals surface area contributed by atoms with Gasteiger partial charge in [0.15, 0.2) is 23.0 Å². The van der Waals surface area contributed by atoms with E-state index in [0.29, 0.717) is 60.0 Å². The molecule has 0 bridgehead atoms. The lowest BCUT2D eigenvalue weighted by Crippen LogP contribution is -2.17. The lowest BCUT2D eigenvalue weighted by molar-refractivity contribution is 0.0954. The molecule has 41 heavy (non-hydrogen) atoms. The van der Waals surface area contributed by atoms with Crippen molar-refractivity contribution in [3.63, 3.8) is 0 Å². The maximum atomic E-state index is 12.8. The Morgan fingerprint density at radius 1 is 0.805 bits per heavy atom. The first-order chi connectivity index (χ1) is 20.0. The van der Waals surface area contributed by atoms with Gasteiger partial charge in [0.1, 0.15) is 13.2 Å². The molecule has 4 rings (SSSR count). The van der Waals surface area contributed by atoms with Crippen molar-refractivity contribution in [3.8, 4) is 23.0 Å². The van der Waals surface area contributed by atoms with Crippen LogP contribution in [0.15, 0.2) is 90.0 Å². The van der Waals surface area contributed by atoms with Gasteiger partial charge in [-0.25, -0.2) is 5.43 Å². The molecule has 0 aliphatic rings.